The van der Waals surface area contributed by atoms with Crippen molar-refractivity contribution < 1.29 is 4.74 Å². The minimum absolute atomic E-state index is 0.231. The fourth-order valence-electron chi connectivity index (χ4n) is 1.48. The lowest BCUT2D eigenvalue weighted by Gasteiger charge is -2.20. The van der Waals surface area contributed by atoms with Crippen LogP contribution in [0.1, 0.15) is 27.2 Å². The molecule has 0 saturated carbocycles. The number of aromatic nitrogens is 3. The summed E-state index contributed by atoms with van der Waals surface area (Å²) in [5, 5.41) is 3.24. The molecule has 7 nitrogen and oxygen atoms in total. The van der Waals surface area contributed by atoms with Crippen LogP contribution < -0.4 is 21.3 Å². The first-order valence-corrected chi connectivity index (χ1v) is 5.63. The van der Waals surface area contributed by atoms with Crippen molar-refractivity contribution in [1.82, 2.24) is 15.0 Å². The van der Waals surface area contributed by atoms with Crippen LogP contribution in [0.2, 0.25) is 0 Å². The molecule has 7 heteroatoms. The molecular formula is C10H20N6O. The zero-order chi connectivity index (χ0) is 12.8. The second kappa shape index (κ2) is 6.19. The highest BCUT2D eigenvalue weighted by Gasteiger charge is 2.13. The van der Waals surface area contributed by atoms with Crippen molar-refractivity contribution in [2.24, 2.45) is 11.8 Å². The number of hydrazine groups is 1. The van der Waals surface area contributed by atoms with Gasteiger partial charge in [0.1, 0.15) is 0 Å². The quantitative estimate of drug-likeness (QED) is 0.504. The van der Waals surface area contributed by atoms with Crippen LogP contribution >= 0.6 is 0 Å². The molecule has 0 aromatic carbocycles. The number of nitrogens with one attached hydrogen (secondary N) is 2. The van der Waals surface area contributed by atoms with E-state index in [2.05, 4.69) is 46.5 Å². The van der Waals surface area contributed by atoms with Gasteiger partial charge in [-0.2, -0.15) is 15.0 Å². The van der Waals surface area contributed by atoms with Crippen molar-refractivity contribution in [3.05, 3.63) is 0 Å². The Balaban J connectivity index is 2.89. The Morgan fingerprint density at radius 3 is 2.35 bits per heavy atom. The summed E-state index contributed by atoms with van der Waals surface area (Å²) in [5.74, 6) is 6.50. The molecule has 0 aliphatic carbocycles. The van der Waals surface area contributed by atoms with Gasteiger partial charge in [0.2, 0.25) is 11.9 Å². The number of methoxy groups -OCH3 is 1. The van der Waals surface area contributed by atoms with Gasteiger partial charge in [0.25, 0.3) is 0 Å². The first kappa shape index (κ1) is 13.4. The minimum atomic E-state index is 0.231. The number of hydrogen-bond donors (Lipinski definition) is 3. The molecule has 0 spiro atoms. The number of hydrogen-bond acceptors (Lipinski definition) is 7. The van der Waals surface area contributed by atoms with Crippen LogP contribution in [0.15, 0.2) is 0 Å². The Morgan fingerprint density at radius 1 is 1.24 bits per heavy atom. The van der Waals surface area contributed by atoms with Crippen molar-refractivity contribution >= 4 is 11.9 Å². The lowest BCUT2D eigenvalue weighted by atomic mass is 10.0. The van der Waals surface area contributed by atoms with Gasteiger partial charge >= 0.3 is 6.01 Å². The monoisotopic (exact) mass is 240 g/mol. The molecule has 1 unspecified atom stereocenters. The predicted octanol–water partition coefficient (Wildman–Crippen LogP) is 1.01. The topological polar surface area (TPSA) is 98.0 Å². The lowest BCUT2D eigenvalue weighted by Crippen LogP contribution is -2.26. The zero-order valence-corrected chi connectivity index (χ0v) is 10.7. The highest BCUT2D eigenvalue weighted by atomic mass is 16.5. The maximum Gasteiger partial charge on any atom is 0.322 e. The molecule has 1 rings (SSSR count). The van der Waals surface area contributed by atoms with E-state index < -0.39 is 0 Å². The molecule has 96 valence electrons. The number of nitrogen functional groups attached to an aromatic ring is 1. The fraction of sp³-hybridized carbons (Fsp3) is 0.700. The molecule has 1 atom stereocenters. The van der Waals surface area contributed by atoms with Gasteiger partial charge in [-0.25, -0.2) is 5.84 Å². The molecule has 0 radical (unpaired) electrons. The fourth-order valence-corrected chi connectivity index (χ4v) is 1.48. The third kappa shape index (κ3) is 3.70. The maximum atomic E-state index is 5.28. The second-order valence-electron chi connectivity index (χ2n) is 4.02. The Labute approximate surface area is 101 Å². The summed E-state index contributed by atoms with van der Waals surface area (Å²) in [4.78, 5) is 12.2. The molecule has 0 aliphatic rings. The van der Waals surface area contributed by atoms with E-state index in [9.17, 15) is 0 Å². The summed E-state index contributed by atoms with van der Waals surface area (Å²) in [7, 11) is 1.50. The Hall–Kier alpha value is -1.63. The molecule has 1 aromatic rings. The van der Waals surface area contributed by atoms with Gasteiger partial charge in [0, 0.05) is 6.04 Å². The first-order chi connectivity index (χ1) is 8.10. The van der Waals surface area contributed by atoms with Gasteiger partial charge in [-0.05, 0) is 12.3 Å². The lowest BCUT2D eigenvalue weighted by molar-refractivity contribution is 0.379. The van der Waals surface area contributed by atoms with Crippen LogP contribution in [0.4, 0.5) is 11.9 Å². The van der Waals surface area contributed by atoms with Crippen molar-refractivity contribution in [2.75, 3.05) is 17.9 Å². The van der Waals surface area contributed by atoms with E-state index in [4.69, 9.17) is 10.6 Å². The van der Waals surface area contributed by atoms with E-state index in [1.54, 1.807) is 0 Å². The molecule has 0 saturated heterocycles. The molecule has 0 aliphatic heterocycles. The standard InChI is InChI=1S/C10H20N6O/c1-5-7(6(2)3)12-8-13-9(16-11)15-10(14-8)17-4/h6-7H,5,11H2,1-4H3,(H2,12,13,14,15,16). The zero-order valence-electron chi connectivity index (χ0n) is 10.7. The van der Waals surface area contributed by atoms with E-state index in [1.165, 1.54) is 7.11 Å². The molecule has 1 heterocycles. The van der Waals surface area contributed by atoms with Crippen molar-refractivity contribution in [2.45, 2.75) is 33.2 Å². The Kier molecular flexibility index (Phi) is 4.89. The third-order valence-electron chi connectivity index (χ3n) is 2.49. The molecule has 0 amide bonds. The average Bonchev–Trinajstić information content (AvgIpc) is 2.34. The Morgan fingerprint density at radius 2 is 1.88 bits per heavy atom. The van der Waals surface area contributed by atoms with E-state index in [-0.39, 0.29) is 12.0 Å². The number of anilines is 2. The summed E-state index contributed by atoms with van der Waals surface area (Å²) < 4.78 is 4.98. The molecule has 4 N–H and O–H groups in total. The van der Waals surface area contributed by atoms with E-state index in [1.807, 2.05) is 0 Å². The highest BCUT2D eigenvalue weighted by Crippen LogP contribution is 2.15. The molecule has 0 bridgehead atoms. The molecule has 0 fully saturated rings. The van der Waals surface area contributed by atoms with Crippen molar-refractivity contribution in [3.8, 4) is 6.01 Å². The number of rotatable bonds is 6. The normalized spacial score (nSPS) is 12.4. The SMILES string of the molecule is CCC(Nc1nc(NN)nc(OC)n1)C(C)C. The van der Waals surface area contributed by atoms with Crippen LogP contribution in [0.25, 0.3) is 0 Å². The van der Waals surface area contributed by atoms with Crippen LogP contribution in [0, 0.1) is 5.92 Å². The van der Waals surface area contributed by atoms with Crippen LogP contribution in [0.5, 0.6) is 6.01 Å². The van der Waals surface area contributed by atoms with Gasteiger partial charge < -0.3 is 10.1 Å². The first-order valence-electron chi connectivity index (χ1n) is 5.63. The largest absolute Gasteiger partial charge is 0.467 e. The van der Waals surface area contributed by atoms with Crippen LogP contribution in [-0.2, 0) is 0 Å². The summed E-state index contributed by atoms with van der Waals surface area (Å²) in [5.41, 5.74) is 2.38. The van der Waals surface area contributed by atoms with E-state index >= 15 is 0 Å². The van der Waals surface area contributed by atoms with Crippen molar-refractivity contribution in [1.29, 1.82) is 0 Å². The maximum absolute atomic E-state index is 5.28. The van der Waals surface area contributed by atoms with Gasteiger partial charge in [-0.15, -0.1) is 0 Å². The number of nitrogens with zero attached hydrogens (tertiary/aromatic N) is 3. The molecule has 1 aromatic heterocycles. The second-order valence-corrected chi connectivity index (χ2v) is 4.02. The van der Waals surface area contributed by atoms with Gasteiger partial charge in [0.05, 0.1) is 7.11 Å². The minimum Gasteiger partial charge on any atom is -0.467 e. The third-order valence-corrected chi connectivity index (χ3v) is 2.49. The van der Waals surface area contributed by atoms with Crippen molar-refractivity contribution in [3.63, 3.8) is 0 Å². The average molecular weight is 240 g/mol. The Bertz CT molecular complexity index is 334. The summed E-state index contributed by atoms with van der Waals surface area (Å²) in [6.07, 6.45) is 0.983. The highest BCUT2D eigenvalue weighted by molar-refractivity contribution is 5.35. The van der Waals surface area contributed by atoms with Crippen LogP contribution in [-0.4, -0.2) is 28.1 Å². The van der Waals surface area contributed by atoms with E-state index in [0.717, 1.165) is 6.42 Å². The van der Waals surface area contributed by atoms with E-state index in [0.29, 0.717) is 17.9 Å². The van der Waals surface area contributed by atoms with Gasteiger partial charge in [-0.3, -0.25) is 5.43 Å². The predicted molar refractivity (Wildman–Crippen MR) is 66.7 cm³/mol. The summed E-state index contributed by atoms with van der Waals surface area (Å²) in [6.45, 7) is 6.39. The summed E-state index contributed by atoms with van der Waals surface area (Å²) >= 11 is 0. The molecule has 17 heavy (non-hydrogen) atoms. The van der Waals surface area contributed by atoms with Gasteiger partial charge in [-0.1, -0.05) is 20.8 Å². The van der Waals surface area contributed by atoms with Gasteiger partial charge in [0.15, 0.2) is 0 Å². The summed E-state index contributed by atoms with van der Waals surface area (Å²) in [6, 6.07) is 0.529. The van der Waals surface area contributed by atoms with Crippen LogP contribution in [0.3, 0.4) is 0 Å². The number of nitrogens with two attached hydrogens (primary N) is 1. The molecular weight excluding hydrogens is 220 g/mol. The smallest absolute Gasteiger partial charge is 0.322 e. The number of ether oxygens (including phenoxy) is 1.